The molecule has 1 aromatic carbocycles. The number of aliphatic imine (C=N–C) groups is 1. The van der Waals surface area contributed by atoms with Crippen molar-refractivity contribution in [3.05, 3.63) is 35.2 Å². The molecule has 3 heterocycles. The Hall–Kier alpha value is -1.33. The second-order valence-electron chi connectivity index (χ2n) is 4.03. The van der Waals surface area contributed by atoms with Crippen LogP contribution in [-0.2, 0) is 0 Å². The molecule has 0 amide bonds. The summed E-state index contributed by atoms with van der Waals surface area (Å²) in [6.07, 6.45) is 0. The van der Waals surface area contributed by atoms with Gasteiger partial charge in [-0.1, -0.05) is 18.2 Å². The second kappa shape index (κ2) is 3.58. The zero-order chi connectivity index (χ0) is 11.2. The van der Waals surface area contributed by atoms with E-state index in [1.54, 1.807) is 11.8 Å². The van der Waals surface area contributed by atoms with E-state index in [2.05, 4.69) is 35.4 Å². The summed E-state index contributed by atoms with van der Waals surface area (Å²) in [4.78, 5) is 6.04. The first-order valence-corrected chi connectivity index (χ1v) is 7.13. The zero-order valence-electron chi connectivity index (χ0n) is 8.91. The van der Waals surface area contributed by atoms with Gasteiger partial charge in [0.05, 0.1) is 12.1 Å². The van der Waals surface area contributed by atoms with Gasteiger partial charge in [0.1, 0.15) is 6.04 Å². The molecule has 17 heavy (non-hydrogen) atoms. The Labute approximate surface area is 107 Å². The predicted octanol–water partition coefficient (Wildman–Crippen LogP) is 3.30. The maximum absolute atomic E-state index is 4.71. The lowest BCUT2D eigenvalue weighted by Crippen LogP contribution is -2.15. The number of hydrogen-bond acceptors (Lipinski definition) is 5. The van der Waals surface area contributed by atoms with Crippen molar-refractivity contribution in [2.75, 3.05) is 6.54 Å². The van der Waals surface area contributed by atoms with Crippen LogP contribution in [-0.4, -0.2) is 22.3 Å². The van der Waals surface area contributed by atoms with E-state index >= 15 is 0 Å². The Morgan fingerprint density at radius 1 is 1.29 bits per heavy atom. The molecular formula is C12H9N3S2. The third kappa shape index (κ3) is 1.50. The van der Waals surface area contributed by atoms with E-state index in [0.29, 0.717) is 0 Å². The van der Waals surface area contributed by atoms with E-state index in [1.165, 1.54) is 15.0 Å². The average Bonchev–Trinajstić information content (AvgIpc) is 3.01. The number of rotatable bonds is 1. The van der Waals surface area contributed by atoms with Crippen LogP contribution in [0.4, 0.5) is 0 Å². The molecule has 0 aliphatic carbocycles. The Morgan fingerprint density at radius 3 is 3.12 bits per heavy atom. The van der Waals surface area contributed by atoms with E-state index in [0.717, 1.165) is 11.7 Å². The van der Waals surface area contributed by atoms with E-state index < -0.39 is 0 Å². The number of hydrogen-bond donors (Lipinski definition) is 0. The zero-order valence-corrected chi connectivity index (χ0v) is 10.5. The molecule has 0 radical (unpaired) electrons. The van der Waals surface area contributed by atoms with Crippen LogP contribution < -0.4 is 0 Å². The smallest absolute Gasteiger partial charge is 0.186 e. The molecule has 2 aliphatic heterocycles. The van der Waals surface area contributed by atoms with Crippen LogP contribution in [0.5, 0.6) is 0 Å². The summed E-state index contributed by atoms with van der Waals surface area (Å²) in [5, 5.41) is 8.61. The Kier molecular flexibility index (Phi) is 2.04. The van der Waals surface area contributed by atoms with Crippen molar-refractivity contribution in [3.8, 4) is 0 Å². The molecule has 0 saturated carbocycles. The molecule has 84 valence electrons. The largest absolute Gasteiger partial charge is 0.250 e. The van der Waals surface area contributed by atoms with Crippen molar-refractivity contribution in [3.63, 3.8) is 0 Å². The van der Waals surface area contributed by atoms with Gasteiger partial charge in [-0.05, 0) is 29.3 Å². The van der Waals surface area contributed by atoms with Gasteiger partial charge < -0.3 is 0 Å². The predicted molar refractivity (Wildman–Crippen MR) is 74.8 cm³/mol. The Balaban J connectivity index is 1.74. The second-order valence-corrected chi connectivity index (χ2v) is 5.96. The van der Waals surface area contributed by atoms with Crippen molar-refractivity contribution in [2.24, 2.45) is 10.1 Å². The summed E-state index contributed by atoms with van der Waals surface area (Å²) >= 11 is 3.45. The third-order valence-corrected chi connectivity index (χ3v) is 4.89. The molecular weight excluding hydrogens is 250 g/mol. The molecule has 0 bridgehead atoms. The highest BCUT2D eigenvalue weighted by atomic mass is 32.2. The van der Waals surface area contributed by atoms with E-state index in [1.807, 2.05) is 21.9 Å². The lowest BCUT2D eigenvalue weighted by Gasteiger charge is -2.07. The van der Waals surface area contributed by atoms with Crippen molar-refractivity contribution in [1.29, 1.82) is 0 Å². The molecule has 0 spiro atoms. The fourth-order valence-corrected chi connectivity index (χ4v) is 3.90. The molecule has 4 rings (SSSR count). The first-order valence-electron chi connectivity index (χ1n) is 5.43. The third-order valence-electron chi connectivity index (χ3n) is 2.95. The maximum Gasteiger partial charge on any atom is 0.186 e. The first kappa shape index (κ1) is 9.67. The van der Waals surface area contributed by atoms with Gasteiger partial charge in [-0.2, -0.15) is 5.10 Å². The van der Waals surface area contributed by atoms with Gasteiger partial charge in [0.25, 0.3) is 0 Å². The molecule has 1 atom stereocenters. The van der Waals surface area contributed by atoms with Crippen LogP contribution in [0.3, 0.4) is 0 Å². The lowest BCUT2D eigenvalue weighted by molar-refractivity contribution is 0.466. The van der Waals surface area contributed by atoms with Gasteiger partial charge in [-0.15, -0.1) is 11.3 Å². The van der Waals surface area contributed by atoms with E-state index in [9.17, 15) is 0 Å². The van der Waals surface area contributed by atoms with Crippen LogP contribution in [0.2, 0.25) is 0 Å². The quantitative estimate of drug-likeness (QED) is 0.786. The van der Waals surface area contributed by atoms with Crippen LogP contribution in [0.1, 0.15) is 10.9 Å². The van der Waals surface area contributed by atoms with Gasteiger partial charge in [-0.25, -0.2) is 10.0 Å². The number of nitrogens with zero attached hydrogens (tertiary/aromatic N) is 3. The lowest BCUT2D eigenvalue weighted by atomic mass is 10.2. The van der Waals surface area contributed by atoms with Crippen LogP contribution in [0, 0.1) is 0 Å². The van der Waals surface area contributed by atoms with Crippen molar-refractivity contribution >= 4 is 43.9 Å². The van der Waals surface area contributed by atoms with Gasteiger partial charge in [0.2, 0.25) is 0 Å². The normalized spacial score (nSPS) is 22.2. The summed E-state index contributed by atoms with van der Waals surface area (Å²) in [7, 11) is 0. The number of benzene rings is 1. The SMILES string of the molecule is C1=NN2CC(c3cc4ccccc4s3)N=C2S1. The minimum atomic E-state index is 0.257. The molecule has 0 N–H and O–H groups in total. The van der Waals surface area contributed by atoms with Crippen LogP contribution in [0.15, 0.2) is 40.4 Å². The number of hydrazone groups is 1. The number of fused-ring (bicyclic) bond motifs is 2. The number of thioether (sulfide) groups is 1. The summed E-state index contributed by atoms with van der Waals surface area (Å²) in [6, 6.07) is 11.0. The number of thiophene rings is 1. The van der Waals surface area contributed by atoms with Gasteiger partial charge >= 0.3 is 0 Å². The summed E-state index contributed by atoms with van der Waals surface area (Å²) < 4.78 is 1.34. The van der Waals surface area contributed by atoms with Gasteiger partial charge in [0.15, 0.2) is 5.17 Å². The Bertz CT molecular complexity index is 611. The topological polar surface area (TPSA) is 28.0 Å². The molecule has 0 saturated heterocycles. The summed E-state index contributed by atoms with van der Waals surface area (Å²) in [5.41, 5.74) is 1.85. The summed E-state index contributed by atoms with van der Waals surface area (Å²) in [6.45, 7) is 0.881. The van der Waals surface area contributed by atoms with E-state index in [4.69, 9.17) is 4.99 Å². The molecule has 2 aromatic rings. The molecule has 3 nitrogen and oxygen atoms in total. The minimum Gasteiger partial charge on any atom is -0.250 e. The molecule has 1 unspecified atom stereocenters. The summed E-state index contributed by atoms with van der Waals surface area (Å²) in [5.74, 6) is 0. The van der Waals surface area contributed by atoms with Crippen LogP contribution in [0.25, 0.3) is 10.1 Å². The first-order chi connectivity index (χ1) is 8.40. The highest BCUT2D eigenvalue weighted by Crippen LogP contribution is 2.36. The van der Waals surface area contributed by atoms with Gasteiger partial charge in [-0.3, -0.25) is 0 Å². The highest BCUT2D eigenvalue weighted by Gasteiger charge is 2.29. The van der Waals surface area contributed by atoms with Crippen molar-refractivity contribution in [1.82, 2.24) is 5.01 Å². The fraction of sp³-hybridized carbons (Fsp3) is 0.167. The van der Waals surface area contributed by atoms with Crippen LogP contribution >= 0.6 is 23.1 Å². The highest BCUT2D eigenvalue weighted by molar-refractivity contribution is 8.25. The fourth-order valence-electron chi connectivity index (χ4n) is 2.12. The van der Waals surface area contributed by atoms with E-state index in [-0.39, 0.29) is 6.04 Å². The minimum absolute atomic E-state index is 0.257. The molecule has 5 heteroatoms. The molecule has 2 aliphatic rings. The molecule has 0 fully saturated rings. The Morgan fingerprint density at radius 2 is 2.24 bits per heavy atom. The number of amidine groups is 1. The average molecular weight is 259 g/mol. The van der Waals surface area contributed by atoms with Crippen molar-refractivity contribution < 1.29 is 0 Å². The molecule has 1 aromatic heterocycles. The van der Waals surface area contributed by atoms with Crippen molar-refractivity contribution in [2.45, 2.75) is 6.04 Å². The maximum atomic E-state index is 4.71. The monoisotopic (exact) mass is 259 g/mol. The van der Waals surface area contributed by atoms with Gasteiger partial charge in [0, 0.05) is 9.58 Å². The standard InChI is InChI=1S/C12H9N3S2/c1-2-4-10-8(3-1)5-11(17-10)9-6-15-12(14-9)16-7-13-15/h1-5,7,9H,6H2.